The number of hydrogen-bond acceptors (Lipinski definition) is 4. The maximum absolute atomic E-state index is 10.6. The highest BCUT2D eigenvalue weighted by Crippen LogP contribution is 2.23. The van der Waals surface area contributed by atoms with Gasteiger partial charge in [-0.1, -0.05) is 11.6 Å². The summed E-state index contributed by atoms with van der Waals surface area (Å²) >= 11 is 5.90. The van der Waals surface area contributed by atoms with E-state index in [2.05, 4.69) is 9.80 Å². The lowest BCUT2D eigenvalue weighted by Gasteiger charge is -2.36. The smallest absolute Gasteiger partial charge is 0.196 e. The molecule has 0 radical (unpaired) electrons. The first kappa shape index (κ1) is 13.1. The van der Waals surface area contributed by atoms with Crippen molar-refractivity contribution in [2.75, 3.05) is 36.0 Å². The van der Waals surface area contributed by atoms with Gasteiger partial charge in [0, 0.05) is 43.0 Å². The standard InChI is InChI=1S/C15H15ClN2O2/c16-12-1-3-13(4-2-12)17-7-9-18(10-8-17)15-6-5-14(11-19)20-15/h1-6,11H,7-10H2. The molecule has 20 heavy (non-hydrogen) atoms. The van der Waals surface area contributed by atoms with E-state index < -0.39 is 0 Å². The number of nitrogens with zero attached hydrogens (tertiary/aromatic N) is 2. The van der Waals surface area contributed by atoms with Crippen LogP contribution in [0.1, 0.15) is 10.6 Å². The van der Waals surface area contributed by atoms with Gasteiger partial charge in [-0.3, -0.25) is 4.79 Å². The summed E-state index contributed by atoms with van der Waals surface area (Å²) in [6.07, 6.45) is 0.730. The van der Waals surface area contributed by atoms with E-state index >= 15 is 0 Å². The molecule has 0 unspecified atom stereocenters. The number of aldehydes is 1. The molecule has 0 spiro atoms. The van der Waals surface area contributed by atoms with E-state index in [4.69, 9.17) is 16.0 Å². The molecule has 1 aliphatic heterocycles. The molecule has 0 aliphatic carbocycles. The van der Waals surface area contributed by atoms with Crippen LogP contribution in [0.4, 0.5) is 11.6 Å². The van der Waals surface area contributed by atoms with Gasteiger partial charge in [-0.2, -0.15) is 0 Å². The fourth-order valence-electron chi connectivity index (χ4n) is 2.41. The van der Waals surface area contributed by atoms with Crippen molar-refractivity contribution in [3.05, 3.63) is 47.2 Å². The minimum absolute atomic E-state index is 0.375. The van der Waals surface area contributed by atoms with Crippen LogP contribution >= 0.6 is 11.6 Å². The highest BCUT2D eigenvalue weighted by molar-refractivity contribution is 6.30. The number of benzene rings is 1. The Morgan fingerprint density at radius 1 is 0.950 bits per heavy atom. The predicted octanol–water partition coefficient (Wildman–Crippen LogP) is 3.07. The molecule has 0 N–H and O–H groups in total. The van der Waals surface area contributed by atoms with Crippen LogP contribution in [0.15, 0.2) is 40.8 Å². The van der Waals surface area contributed by atoms with E-state index in [1.165, 1.54) is 5.69 Å². The Bertz CT molecular complexity index is 586. The fraction of sp³-hybridized carbons (Fsp3) is 0.267. The number of furan rings is 1. The van der Waals surface area contributed by atoms with Gasteiger partial charge in [-0.15, -0.1) is 0 Å². The molecule has 2 aromatic rings. The lowest BCUT2D eigenvalue weighted by molar-refractivity contribution is 0.110. The second kappa shape index (κ2) is 5.59. The lowest BCUT2D eigenvalue weighted by Crippen LogP contribution is -2.46. The van der Waals surface area contributed by atoms with Crippen LogP contribution in [0.5, 0.6) is 0 Å². The molecular formula is C15H15ClN2O2. The summed E-state index contributed by atoms with van der Waals surface area (Å²) in [5.41, 5.74) is 1.18. The summed E-state index contributed by atoms with van der Waals surface area (Å²) in [4.78, 5) is 15.1. The molecule has 1 aromatic heterocycles. The summed E-state index contributed by atoms with van der Waals surface area (Å²) < 4.78 is 5.45. The normalized spacial score (nSPS) is 15.4. The molecule has 0 bridgehead atoms. The molecule has 1 aliphatic rings. The number of carbonyl (C=O) groups is 1. The van der Waals surface area contributed by atoms with Crippen molar-refractivity contribution in [1.82, 2.24) is 0 Å². The second-order valence-electron chi connectivity index (χ2n) is 4.74. The van der Waals surface area contributed by atoms with Crippen LogP contribution in [-0.2, 0) is 0 Å². The number of carbonyl (C=O) groups excluding carboxylic acids is 1. The highest BCUT2D eigenvalue weighted by Gasteiger charge is 2.19. The molecule has 2 heterocycles. The van der Waals surface area contributed by atoms with Crippen LogP contribution in [0, 0.1) is 0 Å². The Balaban J connectivity index is 1.64. The van der Waals surface area contributed by atoms with Crippen molar-refractivity contribution in [3.63, 3.8) is 0 Å². The minimum atomic E-state index is 0.375. The zero-order valence-electron chi connectivity index (χ0n) is 11.0. The van der Waals surface area contributed by atoms with Gasteiger partial charge in [0.1, 0.15) is 0 Å². The van der Waals surface area contributed by atoms with Gasteiger partial charge in [0.2, 0.25) is 0 Å². The first-order chi connectivity index (χ1) is 9.76. The van der Waals surface area contributed by atoms with E-state index in [-0.39, 0.29) is 0 Å². The van der Waals surface area contributed by atoms with Gasteiger partial charge >= 0.3 is 0 Å². The monoisotopic (exact) mass is 290 g/mol. The summed E-state index contributed by atoms with van der Waals surface area (Å²) in [5.74, 6) is 1.14. The molecule has 0 atom stereocenters. The second-order valence-corrected chi connectivity index (χ2v) is 5.18. The van der Waals surface area contributed by atoms with Crippen LogP contribution in [0.2, 0.25) is 5.02 Å². The van der Waals surface area contributed by atoms with Crippen molar-refractivity contribution in [3.8, 4) is 0 Å². The zero-order valence-corrected chi connectivity index (χ0v) is 11.7. The lowest BCUT2D eigenvalue weighted by atomic mass is 10.2. The van der Waals surface area contributed by atoms with Gasteiger partial charge in [0.25, 0.3) is 0 Å². The van der Waals surface area contributed by atoms with Gasteiger partial charge in [0.05, 0.1) is 0 Å². The third-order valence-electron chi connectivity index (χ3n) is 3.51. The topological polar surface area (TPSA) is 36.7 Å². The van der Waals surface area contributed by atoms with E-state index in [1.54, 1.807) is 6.07 Å². The Kier molecular flexibility index (Phi) is 3.65. The molecule has 104 valence electrons. The third kappa shape index (κ3) is 2.65. The van der Waals surface area contributed by atoms with Crippen molar-refractivity contribution in [2.24, 2.45) is 0 Å². The molecule has 5 heteroatoms. The summed E-state index contributed by atoms with van der Waals surface area (Å²) in [5, 5.41) is 0.754. The number of rotatable bonds is 3. The average Bonchev–Trinajstić information content (AvgIpc) is 2.97. The third-order valence-corrected chi connectivity index (χ3v) is 3.76. The van der Waals surface area contributed by atoms with E-state index in [9.17, 15) is 4.79 Å². The molecule has 0 saturated carbocycles. The molecule has 1 saturated heterocycles. The molecule has 1 aromatic carbocycles. The molecular weight excluding hydrogens is 276 g/mol. The van der Waals surface area contributed by atoms with Crippen molar-refractivity contribution < 1.29 is 9.21 Å². The van der Waals surface area contributed by atoms with Gasteiger partial charge < -0.3 is 14.2 Å². The summed E-state index contributed by atoms with van der Waals surface area (Å²) in [6.45, 7) is 3.57. The number of anilines is 2. The molecule has 3 rings (SSSR count). The first-order valence-electron chi connectivity index (χ1n) is 6.57. The number of hydrogen-bond donors (Lipinski definition) is 0. The minimum Gasteiger partial charge on any atom is -0.438 e. The van der Waals surface area contributed by atoms with E-state index in [1.807, 2.05) is 30.3 Å². The average molecular weight is 291 g/mol. The first-order valence-corrected chi connectivity index (χ1v) is 6.94. The van der Waals surface area contributed by atoms with Crippen LogP contribution in [0.25, 0.3) is 0 Å². The largest absolute Gasteiger partial charge is 0.438 e. The van der Waals surface area contributed by atoms with E-state index in [0.717, 1.165) is 43.4 Å². The zero-order chi connectivity index (χ0) is 13.9. The van der Waals surface area contributed by atoms with Gasteiger partial charge in [0.15, 0.2) is 17.9 Å². The maximum Gasteiger partial charge on any atom is 0.196 e. The number of halogens is 1. The fourth-order valence-corrected chi connectivity index (χ4v) is 2.54. The maximum atomic E-state index is 10.6. The Hall–Kier alpha value is -1.94. The predicted molar refractivity (Wildman–Crippen MR) is 80.0 cm³/mol. The van der Waals surface area contributed by atoms with Crippen LogP contribution in [-0.4, -0.2) is 32.5 Å². The van der Waals surface area contributed by atoms with Crippen LogP contribution < -0.4 is 9.80 Å². The van der Waals surface area contributed by atoms with E-state index in [0.29, 0.717) is 5.76 Å². The van der Waals surface area contributed by atoms with Crippen molar-refractivity contribution >= 4 is 29.5 Å². The Morgan fingerprint density at radius 3 is 2.20 bits per heavy atom. The van der Waals surface area contributed by atoms with Gasteiger partial charge in [-0.05, 0) is 30.3 Å². The quantitative estimate of drug-likeness (QED) is 0.814. The number of piperazine rings is 1. The SMILES string of the molecule is O=Cc1ccc(N2CCN(c3ccc(Cl)cc3)CC2)o1. The van der Waals surface area contributed by atoms with Gasteiger partial charge in [-0.25, -0.2) is 0 Å². The Morgan fingerprint density at radius 2 is 1.60 bits per heavy atom. The van der Waals surface area contributed by atoms with Crippen molar-refractivity contribution in [1.29, 1.82) is 0 Å². The molecule has 0 amide bonds. The molecule has 1 fully saturated rings. The summed E-state index contributed by atoms with van der Waals surface area (Å²) in [7, 11) is 0. The van der Waals surface area contributed by atoms with Crippen LogP contribution in [0.3, 0.4) is 0 Å². The Labute approximate surface area is 122 Å². The summed E-state index contributed by atoms with van der Waals surface area (Å²) in [6, 6.07) is 11.4. The van der Waals surface area contributed by atoms with Crippen molar-refractivity contribution in [2.45, 2.75) is 0 Å². The highest BCUT2D eigenvalue weighted by atomic mass is 35.5. The molecule has 4 nitrogen and oxygen atoms in total.